The Balaban J connectivity index is 0.00000309. The van der Waals surface area contributed by atoms with Crippen molar-refractivity contribution in [3.05, 3.63) is 120 Å². The summed E-state index contributed by atoms with van der Waals surface area (Å²) in [5, 5.41) is 0. The van der Waals surface area contributed by atoms with Gasteiger partial charge in [-0.05, 0) is 161 Å². The maximum Gasteiger partial charge on any atom is 0.313 e. The zero-order valence-corrected chi connectivity index (χ0v) is 47.1. The predicted octanol–water partition coefficient (Wildman–Crippen LogP) is 14.8. The van der Waals surface area contributed by atoms with Gasteiger partial charge in [-0.3, -0.25) is 24.0 Å². The van der Waals surface area contributed by atoms with Crippen LogP contribution in [-0.2, 0) is 60.9 Å². The molecule has 0 radical (unpaired) electrons. The van der Waals surface area contributed by atoms with Gasteiger partial charge in [-0.25, -0.2) is 0 Å². The fraction of sp³-hybridized carbons (Fsp3) is 0.621. The minimum absolute atomic E-state index is 0. The number of fused-ring (bicyclic) bond motifs is 7. The van der Waals surface area contributed by atoms with Crippen molar-refractivity contribution in [2.24, 2.45) is 61.1 Å². The number of ether oxygens (including phenoxy) is 5. The SMILES string of the molecule is C.C=C.CC1(C)CC[C@]2(C(=O)OCC3=CCCC=C3)CC[C@]3(C)C(=CCC4[C@@]5(C)CC[C@H](OC(=O)CC(C)(C)C(=O)OCc6ccccc6)[C@@](C)(COC(=O)CC(C)(C)C(=O)OCc6ccccc6)C5CC[C@]43C)[C@@H]2C1. The average Bonchev–Trinajstić information content (AvgIpc) is 3.38. The van der Waals surface area contributed by atoms with E-state index in [1.165, 1.54) is 5.57 Å². The van der Waals surface area contributed by atoms with Gasteiger partial charge >= 0.3 is 29.8 Å². The Hall–Kier alpha value is -5.25. The lowest BCUT2D eigenvalue weighted by Gasteiger charge is -2.71. The van der Waals surface area contributed by atoms with Crippen LogP contribution in [0, 0.1) is 61.1 Å². The van der Waals surface area contributed by atoms with Crippen LogP contribution in [0.2, 0.25) is 0 Å². The van der Waals surface area contributed by atoms with Gasteiger partial charge in [0.15, 0.2) is 0 Å². The lowest BCUT2D eigenvalue weighted by Crippen LogP contribution is -2.66. The number of carbonyl (C=O) groups is 5. The first kappa shape index (κ1) is 60.0. The van der Waals surface area contributed by atoms with Crippen molar-refractivity contribution in [2.75, 3.05) is 13.2 Å². The zero-order chi connectivity index (χ0) is 54.7. The van der Waals surface area contributed by atoms with E-state index in [-0.39, 0.29) is 85.5 Å². The monoisotopic (exact) mass is 1040 g/mol. The first-order valence-electron chi connectivity index (χ1n) is 27.9. The molecule has 9 atom stereocenters. The lowest BCUT2D eigenvalue weighted by atomic mass is 9.33. The van der Waals surface area contributed by atoms with Crippen LogP contribution in [0.4, 0.5) is 0 Å². The van der Waals surface area contributed by atoms with Crippen LogP contribution in [0.5, 0.6) is 0 Å². The topological polar surface area (TPSA) is 132 Å². The summed E-state index contributed by atoms with van der Waals surface area (Å²) in [5.74, 6) is -1.67. The van der Waals surface area contributed by atoms with E-state index in [1.54, 1.807) is 27.7 Å². The third-order valence-electron chi connectivity index (χ3n) is 19.7. The van der Waals surface area contributed by atoms with Crippen molar-refractivity contribution >= 4 is 29.8 Å². The fourth-order valence-corrected chi connectivity index (χ4v) is 15.0. The molecule has 0 saturated heterocycles. The highest BCUT2D eigenvalue weighted by Crippen LogP contribution is 2.76. The lowest BCUT2D eigenvalue weighted by molar-refractivity contribution is -0.228. The number of hydrogen-bond acceptors (Lipinski definition) is 10. The second-order valence-corrected chi connectivity index (χ2v) is 26.1. The summed E-state index contributed by atoms with van der Waals surface area (Å²) in [6, 6.07) is 18.9. The number of carbonyl (C=O) groups excluding carboxylic acids is 5. The Morgan fingerprint density at radius 3 is 1.79 bits per heavy atom. The van der Waals surface area contributed by atoms with Gasteiger partial charge in [0.05, 0.1) is 29.1 Å². The van der Waals surface area contributed by atoms with Crippen LogP contribution in [0.25, 0.3) is 0 Å². The Labute approximate surface area is 456 Å². The van der Waals surface area contributed by atoms with E-state index in [1.807, 2.05) is 60.7 Å². The number of hydrogen-bond donors (Lipinski definition) is 0. The molecule has 4 saturated carbocycles. The molecule has 2 unspecified atom stereocenters. The second kappa shape index (κ2) is 23.4. The van der Waals surface area contributed by atoms with Crippen LogP contribution in [0.15, 0.2) is 109 Å². The summed E-state index contributed by atoms with van der Waals surface area (Å²) in [7, 11) is 0. The Morgan fingerprint density at radius 1 is 0.632 bits per heavy atom. The van der Waals surface area contributed by atoms with E-state index in [0.29, 0.717) is 13.0 Å². The van der Waals surface area contributed by atoms with Crippen LogP contribution in [-0.4, -0.2) is 49.2 Å². The van der Waals surface area contributed by atoms with Crippen molar-refractivity contribution in [1.82, 2.24) is 0 Å². The van der Waals surface area contributed by atoms with Crippen molar-refractivity contribution in [3.63, 3.8) is 0 Å². The van der Waals surface area contributed by atoms with E-state index < -0.39 is 51.6 Å². The highest BCUT2D eigenvalue weighted by atomic mass is 16.6. The van der Waals surface area contributed by atoms with E-state index >= 15 is 0 Å². The van der Waals surface area contributed by atoms with Crippen LogP contribution < -0.4 is 0 Å². The molecule has 10 nitrogen and oxygen atoms in total. The molecule has 76 heavy (non-hydrogen) atoms. The third kappa shape index (κ3) is 11.9. The molecule has 6 aliphatic rings. The van der Waals surface area contributed by atoms with Gasteiger partial charge in [0, 0.05) is 5.41 Å². The number of esters is 5. The van der Waals surface area contributed by atoms with Crippen LogP contribution in [0.3, 0.4) is 0 Å². The molecular formula is C66H92O10. The van der Waals surface area contributed by atoms with Crippen LogP contribution in [0.1, 0.15) is 178 Å². The zero-order valence-electron chi connectivity index (χ0n) is 47.1. The van der Waals surface area contributed by atoms with Crippen molar-refractivity contribution in [2.45, 2.75) is 186 Å². The molecule has 6 aliphatic carbocycles. The molecule has 4 fully saturated rings. The average molecular weight is 1050 g/mol. The normalized spacial score (nSPS) is 31.2. The van der Waals surface area contributed by atoms with Crippen molar-refractivity contribution in [3.8, 4) is 0 Å². The summed E-state index contributed by atoms with van der Waals surface area (Å²) in [6.45, 7) is 27.6. The molecule has 0 N–H and O–H groups in total. The fourth-order valence-electron chi connectivity index (χ4n) is 15.0. The Bertz CT molecular complexity index is 2500. The minimum Gasteiger partial charge on any atom is -0.465 e. The molecule has 0 aromatic heterocycles. The predicted molar refractivity (Wildman–Crippen MR) is 299 cm³/mol. The molecule has 0 amide bonds. The molecule has 0 spiro atoms. The maximum absolute atomic E-state index is 14.6. The molecule has 2 aromatic carbocycles. The largest absolute Gasteiger partial charge is 0.465 e. The van der Waals surface area contributed by atoms with Gasteiger partial charge in [0.1, 0.15) is 32.5 Å². The molecule has 2 aromatic rings. The summed E-state index contributed by atoms with van der Waals surface area (Å²) < 4.78 is 30.6. The first-order chi connectivity index (χ1) is 35.4. The smallest absolute Gasteiger partial charge is 0.313 e. The van der Waals surface area contributed by atoms with Gasteiger partial charge in [-0.1, -0.05) is 140 Å². The van der Waals surface area contributed by atoms with Gasteiger partial charge in [-0.2, -0.15) is 0 Å². The number of rotatable bonds is 16. The Kier molecular flexibility index (Phi) is 18.5. The highest BCUT2D eigenvalue weighted by Gasteiger charge is 2.70. The molecular weight excluding hydrogens is 953 g/mol. The standard InChI is InChI=1S/C63H84O10.C2H4.CH4/c1-56(2)32-34-63(55(68)71-41-45-24-18-13-19-25-45)35-33-61(9)46(47(63)36-56)26-27-49-59(7)30-29-50(73-52(65)38-58(5,6)54(67)70-40-44-22-16-12-17-23-44)60(8,48(59)28-31-62(49,61)10)42-72-51(64)37-57(3,4)53(66)69-39-43-20-14-11-15-21-43;1-2;/h11-12,14-18,20-26,47-50H,13,19,27-42H2,1-10H3;1-2H2;1H4/t47-,48?,49?,50-,59-,60-,61+,62+,63-;;/m0../s1. The summed E-state index contributed by atoms with van der Waals surface area (Å²) in [6.07, 6.45) is 18.5. The van der Waals surface area contributed by atoms with E-state index in [0.717, 1.165) is 87.3 Å². The van der Waals surface area contributed by atoms with Gasteiger partial charge in [0.25, 0.3) is 0 Å². The Morgan fingerprint density at radius 2 is 1.21 bits per heavy atom. The molecule has 416 valence electrons. The summed E-state index contributed by atoms with van der Waals surface area (Å²) in [4.78, 5) is 69.7. The molecule has 0 heterocycles. The van der Waals surface area contributed by atoms with Crippen molar-refractivity contribution < 1.29 is 47.7 Å². The summed E-state index contributed by atoms with van der Waals surface area (Å²) in [5.41, 5.74) is 0.188. The maximum atomic E-state index is 14.6. The second-order valence-electron chi connectivity index (χ2n) is 26.1. The molecule has 10 heteroatoms. The molecule has 8 rings (SSSR count). The summed E-state index contributed by atoms with van der Waals surface area (Å²) >= 11 is 0. The molecule has 0 bridgehead atoms. The number of benzene rings is 2. The van der Waals surface area contributed by atoms with Gasteiger partial charge < -0.3 is 23.7 Å². The third-order valence-corrected chi connectivity index (χ3v) is 19.7. The van der Waals surface area contributed by atoms with E-state index in [2.05, 4.69) is 79.0 Å². The van der Waals surface area contributed by atoms with Gasteiger partial charge in [-0.15, -0.1) is 13.2 Å². The molecule has 0 aliphatic heterocycles. The number of allylic oxidation sites excluding steroid dienone is 4. The quantitative estimate of drug-likeness (QED) is 0.0909. The van der Waals surface area contributed by atoms with E-state index in [9.17, 15) is 24.0 Å². The van der Waals surface area contributed by atoms with Crippen molar-refractivity contribution in [1.29, 1.82) is 0 Å². The minimum atomic E-state index is -1.15. The highest BCUT2D eigenvalue weighted by molar-refractivity contribution is 5.84. The van der Waals surface area contributed by atoms with Crippen LogP contribution >= 0.6 is 0 Å². The first-order valence-corrected chi connectivity index (χ1v) is 27.9. The van der Waals surface area contributed by atoms with Gasteiger partial charge in [0.2, 0.25) is 0 Å². The van der Waals surface area contributed by atoms with E-state index in [4.69, 9.17) is 23.7 Å².